The predicted molar refractivity (Wildman–Crippen MR) is 118 cm³/mol. The molecule has 9 heteroatoms. The third-order valence-electron chi connectivity index (χ3n) is 5.10. The first-order chi connectivity index (χ1) is 14.8. The molecule has 0 aromatic heterocycles. The molecule has 1 heterocycles. The summed E-state index contributed by atoms with van der Waals surface area (Å²) in [6, 6.07) is 13.5. The molecular weight excluding hydrogens is 438 g/mol. The topological polar surface area (TPSA) is 99.5 Å². The highest BCUT2D eigenvalue weighted by Crippen LogP contribution is 2.30. The van der Waals surface area contributed by atoms with Crippen LogP contribution in [0.25, 0.3) is 0 Å². The number of rotatable bonds is 7. The lowest BCUT2D eigenvalue weighted by molar-refractivity contribution is -0.120. The number of amides is 1. The van der Waals surface area contributed by atoms with Crippen molar-refractivity contribution in [1.29, 1.82) is 5.26 Å². The zero-order valence-corrected chi connectivity index (χ0v) is 18.7. The van der Waals surface area contributed by atoms with E-state index in [1.54, 1.807) is 30.3 Å². The molecule has 1 amide bonds. The maximum absolute atomic E-state index is 13.1. The van der Waals surface area contributed by atoms with Crippen molar-refractivity contribution in [3.05, 3.63) is 53.1 Å². The van der Waals surface area contributed by atoms with Crippen LogP contribution in [0.15, 0.2) is 47.4 Å². The number of nitrogens with one attached hydrogen (secondary N) is 1. The van der Waals surface area contributed by atoms with Gasteiger partial charge in [-0.1, -0.05) is 23.7 Å². The first-order valence-electron chi connectivity index (χ1n) is 10.0. The summed E-state index contributed by atoms with van der Waals surface area (Å²) >= 11 is 6.16. The highest BCUT2D eigenvalue weighted by atomic mass is 35.5. The van der Waals surface area contributed by atoms with Crippen molar-refractivity contribution in [3.63, 3.8) is 0 Å². The second-order valence-corrected chi connectivity index (χ2v) is 9.59. The lowest BCUT2D eigenvalue weighted by Gasteiger charge is -2.31. The van der Waals surface area contributed by atoms with Crippen LogP contribution in [-0.2, 0) is 21.2 Å². The van der Waals surface area contributed by atoms with E-state index in [4.69, 9.17) is 21.6 Å². The summed E-state index contributed by atoms with van der Waals surface area (Å²) in [5, 5.41) is 11.8. The molecule has 2 aromatic carbocycles. The van der Waals surface area contributed by atoms with Gasteiger partial charge in [0, 0.05) is 18.8 Å². The van der Waals surface area contributed by atoms with E-state index in [1.165, 1.54) is 16.4 Å². The Labute approximate surface area is 187 Å². The molecule has 1 N–H and O–H groups in total. The van der Waals surface area contributed by atoms with Crippen LogP contribution in [0.2, 0.25) is 5.02 Å². The first kappa shape index (κ1) is 23.1. The number of halogens is 1. The van der Waals surface area contributed by atoms with Crippen LogP contribution in [0.5, 0.6) is 5.75 Å². The highest BCUT2D eigenvalue weighted by molar-refractivity contribution is 7.89. The molecule has 7 nitrogen and oxygen atoms in total. The van der Waals surface area contributed by atoms with Gasteiger partial charge in [0.25, 0.3) is 0 Å². The summed E-state index contributed by atoms with van der Waals surface area (Å²) in [4.78, 5) is 12.8. The molecule has 1 aliphatic rings. The smallest absolute Gasteiger partial charge is 0.243 e. The van der Waals surface area contributed by atoms with Gasteiger partial charge in [0.15, 0.2) is 0 Å². The lowest BCUT2D eigenvalue weighted by Crippen LogP contribution is -2.43. The van der Waals surface area contributed by atoms with Crippen LogP contribution in [0.3, 0.4) is 0 Å². The van der Waals surface area contributed by atoms with Crippen molar-refractivity contribution in [3.8, 4) is 11.8 Å². The van der Waals surface area contributed by atoms with Crippen LogP contribution < -0.4 is 10.1 Å². The van der Waals surface area contributed by atoms with Gasteiger partial charge in [-0.25, -0.2) is 8.42 Å². The van der Waals surface area contributed by atoms with Gasteiger partial charge in [-0.05, 0) is 55.7 Å². The van der Waals surface area contributed by atoms with Gasteiger partial charge < -0.3 is 10.1 Å². The van der Waals surface area contributed by atoms with Gasteiger partial charge in [-0.2, -0.15) is 9.57 Å². The summed E-state index contributed by atoms with van der Waals surface area (Å²) in [6.07, 6.45) is 1.50. The average Bonchev–Trinajstić information content (AvgIpc) is 2.77. The molecule has 2 aromatic rings. The molecular formula is C22H24ClN3O4S. The van der Waals surface area contributed by atoms with Crippen LogP contribution in [0.4, 0.5) is 5.69 Å². The van der Waals surface area contributed by atoms with Crippen molar-refractivity contribution in [2.24, 2.45) is 5.92 Å². The quantitative estimate of drug-likeness (QED) is 0.675. The SMILES string of the molecule is CCOc1ccc(S(=O)(=O)N2CCC[C@@H](C(=O)Nc3ccc(CC#N)cc3)C2)cc1Cl. The minimum atomic E-state index is -3.78. The fourth-order valence-electron chi connectivity index (χ4n) is 3.48. The Morgan fingerprint density at radius 1 is 1.29 bits per heavy atom. The summed E-state index contributed by atoms with van der Waals surface area (Å²) < 4.78 is 32.9. The average molecular weight is 462 g/mol. The maximum Gasteiger partial charge on any atom is 0.243 e. The van der Waals surface area contributed by atoms with Crippen LogP contribution >= 0.6 is 11.6 Å². The highest BCUT2D eigenvalue weighted by Gasteiger charge is 2.33. The van der Waals surface area contributed by atoms with E-state index in [0.717, 1.165) is 5.56 Å². The summed E-state index contributed by atoms with van der Waals surface area (Å²) in [5.74, 6) is -0.252. The lowest BCUT2D eigenvalue weighted by atomic mass is 9.98. The number of carbonyl (C=O) groups is 1. The standard InChI is InChI=1S/C22H24ClN3O4S/c1-2-30-21-10-9-19(14-20(21)23)31(28,29)26-13-3-4-17(15-26)22(27)25-18-7-5-16(6-8-18)11-12-24/h5-10,14,17H,2-4,11,13,15H2,1H3,(H,25,27)/t17-/m1/s1. The normalized spacial score (nSPS) is 17.0. The molecule has 0 radical (unpaired) electrons. The monoisotopic (exact) mass is 461 g/mol. The molecule has 1 aliphatic heterocycles. The Balaban J connectivity index is 1.69. The number of sulfonamides is 1. The Morgan fingerprint density at radius 3 is 2.68 bits per heavy atom. The number of piperidine rings is 1. The van der Waals surface area contributed by atoms with E-state index in [2.05, 4.69) is 11.4 Å². The van der Waals surface area contributed by atoms with Gasteiger partial charge in [-0.15, -0.1) is 0 Å². The van der Waals surface area contributed by atoms with Gasteiger partial charge >= 0.3 is 0 Å². The summed E-state index contributed by atoms with van der Waals surface area (Å²) in [6.45, 7) is 2.70. The van der Waals surface area contributed by atoms with E-state index < -0.39 is 15.9 Å². The largest absolute Gasteiger partial charge is 0.492 e. The van der Waals surface area contributed by atoms with Crippen molar-refractivity contribution in [1.82, 2.24) is 4.31 Å². The number of benzene rings is 2. The third kappa shape index (κ3) is 5.56. The molecule has 0 bridgehead atoms. The van der Waals surface area contributed by atoms with Crippen molar-refractivity contribution < 1.29 is 17.9 Å². The first-order valence-corrected chi connectivity index (χ1v) is 11.9. The third-order valence-corrected chi connectivity index (χ3v) is 7.26. The van der Waals surface area contributed by atoms with Gasteiger partial charge in [0.2, 0.25) is 15.9 Å². The molecule has 0 aliphatic carbocycles. The van der Waals surface area contributed by atoms with E-state index in [9.17, 15) is 13.2 Å². The van der Waals surface area contributed by atoms with E-state index in [-0.39, 0.29) is 22.4 Å². The second kappa shape index (κ2) is 10.1. The van der Waals surface area contributed by atoms with Crippen molar-refractivity contribution >= 4 is 33.2 Å². The van der Waals surface area contributed by atoms with Crippen LogP contribution in [0, 0.1) is 17.2 Å². The number of hydrogen-bond acceptors (Lipinski definition) is 5. The zero-order valence-electron chi connectivity index (χ0n) is 17.2. The summed E-state index contributed by atoms with van der Waals surface area (Å²) in [7, 11) is -3.78. The van der Waals surface area contributed by atoms with Crippen molar-refractivity contribution in [2.75, 3.05) is 25.0 Å². The second-order valence-electron chi connectivity index (χ2n) is 7.25. The number of ether oxygens (including phenoxy) is 1. The zero-order chi connectivity index (χ0) is 22.4. The maximum atomic E-state index is 13.1. The molecule has 0 saturated carbocycles. The number of carbonyl (C=O) groups excluding carboxylic acids is 1. The number of nitrogens with zero attached hydrogens (tertiary/aromatic N) is 2. The van der Waals surface area contributed by atoms with Gasteiger partial charge in [0.1, 0.15) is 5.75 Å². The molecule has 1 atom stereocenters. The molecule has 0 spiro atoms. The number of nitriles is 1. The molecule has 31 heavy (non-hydrogen) atoms. The van der Waals surface area contributed by atoms with Crippen LogP contribution in [0.1, 0.15) is 25.3 Å². The minimum absolute atomic E-state index is 0.0788. The fourth-order valence-corrected chi connectivity index (χ4v) is 5.33. The fraction of sp³-hybridized carbons (Fsp3) is 0.364. The van der Waals surface area contributed by atoms with E-state index in [1.807, 2.05) is 6.92 Å². The molecule has 3 rings (SSSR count). The summed E-state index contributed by atoms with van der Waals surface area (Å²) in [5.41, 5.74) is 1.48. The minimum Gasteiger partial charge on any atom is -0.492 e. The molecule has 1 saturated heterocycles. The molecule has 164 valence electrons. The number of hydrogen-bond donors (Lipinski definition) is 1. The Hall–Kier alpha value is -2.60. The Kier molecular flexibility index (Phi) is 7.55. The molecule has 1 fully saturated rings. The van der Waals surface area contributed by atoms with Gasteiger partial charge in [-0.3, -0.25) is 4.79 Å². The van der Waals surface area contributed by atoms with Crippen LogP contribution in [-0.4, -0.2) is 38.3 Å². The Bertz CT molecular complexity index is 1080. The van der Waals surface area contributed by atoms with Crippen molar-refractivity contribution in [2.45, 2.75) is 31.1 Å². The van der Waals surface area contributed by atoms with Gasteiger partial charge in [0.05, 0.1) is 34.9 Å². The predicted octanol–water partition coefficient (Wildman–Crippen LogP) is 3.84. The van der Waals surface area contributed by atoms with E-state index in [0.29, 0.717) is 43.9 Å². The molecule has 0 unspecified atom stereocenters. The number of anilines is 1. The Morgan fingerprint density at radius 2 is 2.03 bits per heavy atom. The van der Waals surface area contributed by atoms with E-state index >= 15 is 0 Å².